The van der Waals surface area contributed by atoms with Gasteiger partial charge in [0.2, 0.25) is 0 Å². The van der Waals surface area contributed by atoms with Gasteiger partial charge in [-0.25, -0.2) is 4.79 Å². The van der Waals surface area contributed by atoms with Crippen molar-refractivity contribution in [2.75, 3.05) is 44.8 Å². The summed E-state index contributed by atoms with van der Waals surface area (Å²) in [5.41, 5.74) is 0.319. The molecule has 0 fully saturated rings. The SMILES string of the molecule is CC.COc1cc(NC(C(=O)O)c2ccc(Cl)cc2OCCOS(C)(C)C(C)(C)C)cc(OCCCC(=O)OC(C)(C)C)c1. The molecule has 11 heteroatoms. The van der Waals surface area contributed by atoms with Crippen molar-refractivity contribution in [3.8, 4) is 17.2 Å². The third kappa shape index (κ3) is 13.4. The van der Waals surface area contributed by atoms with E-state index in [4.69, 9.17) is 34.7 Å². The molecule has 1 unspecified atom stereocenters. The topological polar surface area (TPSA) is 113 Å². The summed E-state index contributed by atoms with van der Waals surface area (Å²) in [5, 5.41) is 13.6. The third-order valence-corrected chi connectivity index (χ3v) is 10.3. The van der Waals surface area contributed by atoms with Gasteiger partial charge in [-0.3, -0.25) is 4.79 Å². The molecule has 0 radical (unpaired) electrons. The minimum absolute atomic E-state index is 0.00391. The van der Waals surface area contributed by atoms with Crippen LogP contribution in [0.2, 0.25) is 5.02 Å². The highest BCUT2D eigenvalue weighted by molar-refractivity contribution is 8.29. The zero-order chi connectivity index (χ0) is 33.7. The van der Waals surface area contributed by atoms with Gasteiger partial charge in [-0.05, 0) is 51.8 Å². The molecule has 2 rings (SSSR count). The summed E-state index contributed by atoms with van der Waals surface area (Å²) in [4.78, 5) is 24.4. The molecule has 0 saturated heterocycles. The molecule has 0 heterocycles. The van der Waals surface area contributed by atoms with Crippen molar-refractivity contribution in [3.05, 3.63) is 47.0 Å². The number of anilines is 1. The first kappa shape index (κ1) is 39.2. The fourth-order valence-corrected chi connectivity index (χ4v) is 4.54. The number of ether oxygens (including phenoxy) is 4. The van der Waals surface area contributed by atoms with Crippen LogP contribution in [0.5, 0.6) is 17.2 Å². The van der Waals surface area contributed by atoms with Crippen molar-refractivity contribution in [3.63, 3.8) is 0 Å². The fourth-order valence-electron chi connectivity index (χ4n) is 3.54. The van der Waals surface area contributed by atoms with Crippen molar-refractivity contribution in [2.45, 2.75) is 84.6 Å². The summed E-state index contributed by atoms with van der Waals surface area (Å²) in [6.45, 7) is 16.7. The number of aliphatic carboxylic acids is 1. The summed E-state index contributed by atoms with van der Waals surface area (Å²) in [7, 11) is 0.179. The van der Waals surface area contributed by atoms with Crippen molar-refractivity contribution in [1.82, 2.24) is 0 Å². The highest BCUT2D eigenvalue weighted by atomic mass is 35.5. The van der Waals surface area contributed by atoms with E-state index in [9.17, 15) is 14.7 Å². The van der Waals surface area contributed by atoms with Crippen LogP contribution in [0.15, 0.2) is 36.4 Å². The smallest absolute Gasteiger partial charge is 0.330 e. The molecule has 9 nitrogen and oxygen atoms in total. The lowest BCUT2D eigenvalue weighted by atomic mass is 10.0. The second-order valence-electron chi connectivity index (χ2n) is 12.0. The van der Waals surface area contributed by atoms with E-state index in [-0.39, 0.29) is 30.4 Å². The van der Waals surface area contributed by atoms with E-state index in [0.717, 1.165) is 0 Å². The number of halogens is 1. The van der Waals surface area contributed by atoms with Gasteiger partial charge in [0.25, 0.3) is 0 Å². The molecule has 0 aliphatic carbocycles. The first-order chi connectivity index (χ1) is 20.4. The molecule has 250 valence electrons. The molecule has 0 bridgehead atoms. The van der Waals surface area contributed by atoms with Gasteiger partial charge in [0.05, 0.1) is 20.3 Å². The van der Waals surface area contributed by atoms with Crippen LogP contribution < -0.4 is 19.5 Å². The molecule has 1 atom stereocenters. The Kier molecular flexibility index (Phi) is 15.7. The van der Waals surface area contributed by atoms with Gasteiger partial charge in [-0.2, -0.15) is 0 Å². The Morgan fingerprint density at radius 1 is 0.932 bits per heavy atom. The van der Waals surface area contributed by atoms with Gasteiger partial charge >= 0.3 is 11.9 Å². The lowest BCUT2D eigenvalue weighted by Crippen LogP contribution is -2.26. The number of benzene rings is 2. The van der Waals surface area contributed by atoms with Crippen LogP contribution in [-0.2, 0) is 18.5 Å². The normalized spacial score (nSPS) is 12.7. The summed E-state index contributed by atoms with van der Waals surface area (Å²) >= 11 is 6.24. The minimum atomic E-state index is -1.33. The van der Waals surface area contributed by atoms with Crippen molar-refractivity contribution < 1.29 is 37.8 Å². The Morgan fingerprint density at radius 3 is 2.14 bits per heavy atom. The number of rotatable bonds is 15. The Hall–Kier alpha value is -2.82. The third-order valence-electron chi connectivity index (χ3n) is 6.37. The average Bonchev–Trinajstić information content (AvgIpc) is 2.92. The van der Waals surface area contributed by atoms with Crippen LogP contribution in [0.3, 0.4) is 0 Å². The monoisotopic (exact) mass is 657 g/mol. The predicted molar refractivity (Wildman–Crippen MR) is 181 cm³/mol. The van der Waals surface area contributed by atoms with Gasteiger partial charge in [0, 0.05) is 45.6 Å². The second-order valence-corrected chi connectivity index (χ2v) is 16.4. The van der Waals surface area contributed by atoms with Gasteiger partial charge in [-0.15, -0.1) is 10.3 Å². The summed E-state index contributed by atoms with van der Waals surface area (Å²) in [6.07, 6.45) is 4.88. The van der Waals surface area contributed by atoms with E-state index in [1.807, 2.05) is 34.6 Å². The molecular weight excluding hydrogens is 606 g/mol. The number of carbonyl (C=O) groups is 2. The van der Waals surface area contributed by atoms with Gasteiger partial charge in [0.1, 0.15) is 29.5 Å². The maximum atomic E-state index is 12.4. The molecule has 44 heavy (non-hydrogen) atoms. The highest BCUT2D eigenvalue weighted by Crippen LogP contribution is 2.53. The first-order valence-electron chi connectivity index (χ1n) is 14.7. The van der Waals surface area contributed by atoms with Crippen LogP contribution >= 0.6 is 21.9 Å². The lowest BCUT2D eigenvalue weighted by Gasteiger charge is -2.43. The molecule has 0 amide bonds. The number of carboxylic acid groups (broad SMARTS) is 1. The maximum absolute atomic E-state index is 12.4. The molecule has 0 saturated carbocycles. The Bertz CT molecular complexity index is 1210. The van der Waals surface area contributed by atoms with Crippen LogP contribution in [0.25, 0.3) is 0 Å². The summed E-state index contributed by atoms with van der Waals surface area (Å²) < 4.78 is 28.7. The molecule has 0 spiro atoms. The zero-order valence-electron chi connectivity index (χ0n) is 28.2. The molecule has 2 aromatic rings. The Balaban J connectivity index is 0.00000474. The summed E-state index contributed by atoms with van der Waals surface area (Å²) in [5.74, 6) is -0.135. The minimum Gasteiger partial charge on any atom is -0.497 e. The number of esters is 1. The van der Waals surface area contributed by atoms with E-state index >= 15 is 0 Å². The van der Waals surface area contributed by atoms with E-state index in [1.54, 1.807) is 36.4 Å². The highest BCUT2D eigenvalue weighted by Gasteiger charge is 2.29. The molecule has 0 aliphatic rings. The zero-order valence-corrected chi connectivity index (χ0v) is 29.7. The molecule has 0 aliphatic heterocycles. The number of carboxylic acids is 1. The number of nitrogens with one attached hydrogen (secondary N) is 1. The number of methoxy groups -OCH3 is 1. The van der Waals surface area contributed by atoms with Crippen LogP contribution in [-0.4, -0.2) is 66.8 Å². The Labute approximate surface area is 270 Å². The average molecular weight is 658 g/mol. The van der Waals surface area contributed by atoms with Gasteiger partial charge < -0.3 is 33.6 Å². The van der Waals surface area contributed by atoms with Crippen LogP contribution in [0.1, 0.15) is 79.8 Å². The first-order valence-corrected chi connectivity index (χ1v) is 17.5. The van der Waals surface area contributed by atoms with Crippen LogP contribution in [0, 0.1) is 0 Å². The van der Waals surface area contributed by atoms with Crippen molar-refractivity contribution in [2.24, 2.45) is 0 Å². The quantitative estimate of drug-likeness (QED) is 0.144. The molecule has 2 N–H and O–H groups in total. The van der Waals surface area contributed by atoms with E-state index in [2.05, 4.69) is 38.6 Å². The van der Waals surface area contributed by atoms with E-state index < -0.39 is 27.9 Å². The van der Waals surface area contributed by atoms with Crippen LogP contribution in [0.4, 0.5) is 5.69 Å². The number of hydrogen-bond acceptors (Lipinski definition) is 8. The summed E-state index contributed by atoms with van der Waals surface area (Å²) in [6, 6.07) is 8.71. The Morgan fingerprint density at radius 2 is 1.57 bits per heavy atom. The number of hydrogen-bond donors (Lipinski definition) is 2. The number of carbonyl (C=O) groups excluding carboxylic acids is 1. The van der Waals surface area contributed by atoms with E-state index in [1.165, 1.54) is 7.11 Å². The molecule has 2 aromatic carbocycles. The molecular formula is C33H52ClNO8S. The van der Waals surface area contributed by atoms with E-state index in [0.29, 0.717) is 46.5 Å². The molecule has 0 aromatic heterocycles. The maximum Gasteiger partial charge on any atom is 0.330 e. The standard InChI is InChI=1S/C31H46ClNO8S.C2H6/c1-30(2,3)41-27(34)11-10-14-38-24-19-22(18-23(20-24)37-7)33-28(29(35)36)25-13-12-21(32)17-26(25)39-15-16-40-42(8,9)31(4,5)6;1-2/h12-13,17-20,28,33H,10-11,14-16H2,1-9H3,(H,35,36);1-2H3. The van der Waals surface area contributed by atoms with Crippen molar-refractivity contribution >= 4 is 39.5 Å². The lowest BCUT2D eigenvalue weighted by molar-refractivity contribution is -0.155. The fraction of sp³-hybridized carbons (Fsp3) is 0.576. The van der Waals surface area contributed by atoms with Gasteiger partial charge in [0.15, 0.2) is 6.04 Å². The van der Waals surface area contributed by atoms with Gasteiger partial charge in [-0.1, -0.05) is 52.3 Å². The second kappa shape index (κ2) is 17.6. The van der Waals surface area contributed by atoms with Crippen molar-refractivity contribution in [1.29, 1.82) is 0 Å². The largest absolute Gasteiger partial charge is 0.497 e. The predicted octanol–water partition coefficient (Wildman–Crippen LogP) is 8.29.